The number of carbonyl (C=O) groups excluding carboxylic acids is 1. The van der Waals surface area contributed by atoms with Crippen LogP contribution in [0.5, 0.6) is 0 Å². The number of rotatable bonds is 6. The van der Waals surface area contributed by atoms with E-state index in [0.29, 0.717) is 11.5 Å². The fourth-order valence-corrected chi connectivity index (χ4v) is 5.88. The number of carbonyl (C=O) groups is 1. The highest BCUT2D eigenvalue weighted by Crippen LogP contribution is 2.23. The number of hydrogen-bond acceptors (Lipinski definition) is 5. The van der Waals surface area contributed by atoms with Crippen LogP contribution in [-0.4, -0.2) is 86.5 Å². The van der Waals surface area contributed by atoms with Gasteiger partial charge in [0.25, 0.3) is 5.91 Å². The highest BCUT2D eigenvalue weighted by Gasteiger charge is 2.29. The predicted octanol–water partition coefficient (Wildman–Crippen LogP) is 2.68. The van der Waals surface area contributed by atoms with Gasteiger partial charge in [0.1, 0.15) is 0 Å². The molecule has 7 nitrogen and oxygen atoms in total. The Bertz CT molecular complexity index is 838. The van der Waals surface area contributed by atoms with Crippen molar-refractivity contribution in [1.82, 2.24) is 14.1 Å². The Morgan fingerprint density at radius 1 is 1.10 bits per heavy atom. The molecule has 0 N–H and O–H groups in total. The third-order valence-corrected chi connectivity index (χ3v) is 8.47. The van der Waals surface area contributed by atoms with Gasteiger partial charge in [0.05, 0.1) is 17.1 Å². The van der Waals surface area contributed by atoms with Crippen LogP contribution in [-0.2, 0) is 14.8 Å². The number of nitrogens with zero attached hydrogens (tertiary/aromatic N) is 3. The number of ether oxygens (including phenoxy) is 1. The van der Waals surface area contributed by atoms with Gasteiger partial charge in [0.2, 0.25) is 10.0 Å². The zero-order valence-electron chi connectivity index (χ0n) is 19.5. The van der Waals surface area contributed by atoms with Crippen LogP contribution < -0.4 is 0 Å². The number of morpholine rings is 1. The second-order valence-electron chi connectivity index (χ2n) is 9.35. The first kappa shape index (κ1) is 24.2. The second-order valence-corrected chi connectivity index (χ2v) is 11.3. The lowest BCUT2D eigenvalue weighted by molar-refractivity contribution is -0.0728. The fourth-order valence-electron chi connectivity index (χ4n) is 4.51. The SMILES string of the molecule is CC1CN(CC2CCN(C(=O)c3ccc(S(=O)(=O)N(C)C(C)C)cc3)CC2)CC(C)O1. The van der Waals surface area contributed by atoms with E-state index in [-0.39, 0.29) is 29.1 Å². The summed E-state index contributed by atoms with van der Waals surface area (Å²) in [6.45, 7) is 12.4. The van der Waals surface area contributed by atoms with Gasteiger partial charge in [-0.3, -0.25) is 9.69 Å². The Morgan fingerprint density at radius 3 is 2.16 bits per heavy atom. The van der Waals surface area contributed by atoms with Gasteiger partial charge >= 0.3 is 0 Å². The molecule has 2 saturated heterocycles. The van der Waals surface area contributed by atoms with Crippen molar-refractivity contribution in [3.8, 4) is 0 Å². The Balaban J connectivity index is 1.55. The summed E-state index contributed by atoms with van der Waals surface area (Å²) < 4.78 is 32.4. The maximum Gasteiger partial charge on any atom is 0.253 e. The molecule has 2 aliphatic rings. The van der Waals surface area contributed by atoms with Crippen molar-refractivity contribution in [2.24, 2.45) is 5.92 Å². The molecule has 1 aromatic rings. The summed E-state index contributed by atoms with van der Waals surface area (Å²) in [6.07, 6.45) is 2.55. The minimum atomic E-state index is -3.54. The molecule has 2 atom stereocenters. The van der Waals surface area contributed by atoms with Crippen LogP contribution in [0.15, 0.2) is 29.2 Å². The fraction of sp³-hybridized carbons (Fsp3) is 0.696. The normalized spacial score (nSPS) is 24.2. The zero-order valence-corrected chi connectivity index (χ0v) is 20.3. The molecular formula is C23H37N3O4S. The van der Waals surface area contributed by atoms with Gasteiger partial charge in [0, 0.05) is 51.4 Å². The summed E-state index contributed by atoms with van der Waals surface area (Å²) in [5.74, 6) is 0.578. The molecule has 0 aliphatic carbocycles. The molecule has 0 saturated carbocycles. The first-order chi connectivity index (χ1) is 14.6. The van der Waals surface area contributed by atoms with Crippen LogP contribution in [0.1, 0.15) is 50.9 Å². The van der Waals surface area contributed by atoms with Gasteiger partial charge in [-0.1, -0.05) is 0 Å². The van der Waals surface area contributed by atoms with E-state index in [1.165, 1.54) is 16.4 Å². The second kappa shape index (κ2) is 9.98. The quantitative estimate of drug-likeness (QED) is 0.665. The summed E-state index contributed by atoms with van der Waals surface area (Å²) in [5.41, 5.74) is 0.542. The predicted molar refractivity (Wildman–Crippen MR) is 122 cm³/mol. The van der Waals surface area contributed by atoms with Crippen molar-refractivity contribution in [2.75, 3.05) is 39.8 Å². The molecule has 2 aliphatic heterocycles. The highest BCUT2D eigenvalue weighted by molar-refractivity contribution is 7.89. The monoisotopic (exact) mass is 451 g/mol. The van der Waals surface area contributed by atoms with Crippen LogP contribution >= 0.6 is 0 Å². The van der Waals surface area contributed by atoms with Gasteiger partial charge in [-0.2, -0.15) is 4.31 Å². The topological polar surface area (TPSA) is 70.2 Å². The number of sulfonamides is 1. The number of benzene rings is 1. The molecule has 0 radical (unpaired) electrons. The third kappa shape index (κ3) is 5.86. The lowest BCUT2D eigenvalue weighted by Gasteiger charge is -2.39. The van der Waals surface area contributed by atoms with E-state index < -0.39 is 10.0 Å². The summed E-state index contributed by atoms with van der Waals surface area (Å²) >= 11 is 0. The average Bonchev–Trinajstić information content (AvgIpc) is 2.72. The van der Waals surface area contributed by atoms with Gasteiger partial charge in [0.15, 0.2) is 0 Å². The van der Waals surface area contributed by atoms with E-state index in [9.17, 15) is 13.2 Å². The smallest absolute Gasteiger partial charge is 0.253 e. The molecule has 2 unspecified atom stereocenters. The molecule has 0 aromatic heterocycles. The lowest BCUT2D eigenvalue weighted by Crippen LogP contribution is -2.48. The molecular weight excluding hydrogens is 414 g/mol. The lowest BCUT2D eigenvalue weighted by atomic mass is 9.95. The van der Waals surface area contributed by atoms with Crippen LogP contribution in [0.25, 0.3) is 0 Å². The first-order valence-electron chi connectivity index (χ1n) is 11.3. The number of hydrogen-bond donors (Lipinski definition) is 0. The average molecular weight is 452 g/mol. The summed E-state index contributed by atoms with van der Waals surface area (Å²) in [6, 6.07) is 6.21. The largest absolute Gasteiger partial charge is 0.373 e. The molecule has 174 valence electrons. The molecule has 1 aromatic carbocycles. The highest BCUT2D eigenvalue weighted by atomic mass is 32.2. The van der Waals surface area contributed by atoms with Crippen LogP contribution in [0.4, 0.5) is 0 Å². The molecule has 2 fully saturated rings. The maximum absolute atomic E-state index is 12.9. The van der Waals surface area contributed by atoms with E-state index in [2.05, 4.69) is 18.7 Å². The van der Waals surface area contributed by atoms with E-state index in [4.69, 9.17) is 4.74 Å². The van der Waals surface area contributed by atoms with Crippen molar-refractivity contribution in [3.63, 3.8) is 0 Å². The van der Waals surface area contributed by atoms with Crippen molar-refractivity contribution in [2.45, 2.75) is 63.7 Å². The van der Waals surface area contributed by atoms with E-state index in [1.54, 1.807) is 19.2 Å². The van der Waals surface area contributed by atoms with E-state index in [1.807, 2.05) is 18.7 Å². The maximum atomic E-state index is 12.9. The Labute approximate surface area is 187 Å². The van der Waals surface area contributed by atoms with Crippen LogP contribution in [0.3, 0.4) is 0 Å². The van der Waals surface area contributed by atoms with Crippen molar-refractivity contribution < 1.29 is 17.9 Å². The summed E-state index contributed by atoms with van der Waals surface area (Å²) in [4.78, 5) is 17.5. The minimum Gasteiger partial charge on any atom is -0.373 e. The van der Waals surface area contributed by atoms with Gasteiger partial charge in [-0.15, -0.1) is 0 Å². The van der Waals surface area contributed by atoms with Gasteiger partial charge < -0.3 is 9.64 Å². The zero-order chi connectivity index (χ0) is 22.8. The number of piperidine rings is 1. The van der Waals surface area contributed by atoms with Crippen LogP contribution in [0.2, 0.25) is 0 Å². The van der Waals surface area contributed by atoms with Crippen molar-refractivity contribution in [1.29, 1.82) is 0 Å². The third-order valence-electron chi connectivity index (χ3n) is 6.42. The summed E-state index contributed by atoms with van der Waals surface area (Å²) in [5, 5.41) is 0. The molecule has 1 amide bonds. The molecule has 2 heterocycles. The molecule has 3 rings (SSSR count). The standard InChI is InChI=1S/C23H37N3O4S/c1-17(2)24(5)31(28,29)22-8-6-21(7-9-22)23(27)26-12-10-20(11-13-26)16-25-14-18(3)30-19(4)15-25/h6-9,17-20H,10-16H2,1-5H3. The Kier molecular flexibility index (Phi) is 7.78. The van der Waals surface area contributed by atoms with Gasteiger partial charge in [-0.25, -0.2) is 8.42 Å². The minimum absolute atomic E-state index is 0.0202. The molecule has 0 spiro atoms. The molecule has 31 heavy (non-hydrogen) atoms. The first-order valence-corrected chi connectivity index (χ1v) is 12.8. The number of likely N-dealkylation sites (tertiary alicyclic amines) is 1. The van der Waals surface area contributed by atoms with Crippen molar-refractivity contribution in [3.05, 3.63) is 29.8 Å². The Hall–Kier alpha value is -1.48. The van der Waals surface area contributed by atoms with E-state index in [0.717, 1.165) is 45.6 Å². The number of amides is 1. The van der Waals surface area contributed by atoms with Crippen molar-refractivity contribution >= 4 is 15.9 Å². The summed E-state index contributed by atoms with van der Waals surface area (Å²) in [7, 11) is -1.97. The van der Waals surface area contributed by atoms with Crippen LogP contribution in [0, 0.1) is 5.92 Å². The molecule has 8 heteroatoms. The van der Waals surface area contributed by atoms with Gasteiger partial charge in [-0.05, 0) is 70.7 Å². The molecule has 0 bridgehead atoms. The Morgan fingerprint density at radius 2 is 1.65 bits per heavy atom. The van der Waals surface area contributed by atoms with E-state index >= 15 is 0 Å².